The number of benzene rings is 2. The number of methoxy groups -OCH3 is 3. The quantitative estimate of drug-likeness (QED) is 0.733. The number of carbonyl (C=O) groups is 1. The lowest BCUT2D eigenvalue weighted by Crippen LogP contribution is -2.31. The summed E-state index contributed by atoms with van der Waals surface area (Å²) in [6, 6.07) is 6.82. The highest BCUT2D eigenvalue weighted by atomic mass is 19.4. The molecule has 6 nitrogen and oxygen atoms in total. The maximum Gasteiger partial charge on any atom is 0.416 e. The molecule has 0 aromatic heterocycles. The molecule has 0 aliphatic rings. The molecule has 0 aliphatic carbocycles. The van der Waals surface area contributed by atoms with Crippen molar-refractivity contribution in [2.45, 2.75) is 19.1 Å². The first-order valence-electron chi connectivity index (χ1n) is 8.24. The van der Waals surface area contributed by atoms with E-state index < -0.39 is 23.7 Å². The van der Waals surface area contributed by atoms with Gasteiger partial charge in [-0.1, -0.05) is 0 Å². The van der Waals surface area contributed by atoms with Gasteiger partial charge < -0.3 is 24.8 Å². The van der Waals surface area contributed by atoms with Gasteiger partial charge in [-0.25, -0.2) is 0 Å². The summed E-state index contributed by atoms with van der Waals surface area (Å²) in [4.78, 5) is 12.3. The van der Waals surface area contributed by atoms with E-state index >= 15 is 0 Å². The molecule has 2 aromatic rings. The van der Waals surface area contributed by atoms with E-state index in [1.165, 1.54) is 33.5 Å². The van der Waals surface area contributed by atoms with Crippen LogP contribution in [0.3, 0.4) is 0 Å². The number of halogens is 3. The Labute approximate surface area is 160 Å². The van der Waals surface area contributed by atoms with E-state index in [1.807, 2.05) is 0 Å². The van der Waals surface area contributed by atoms with Crippen LogP contribution in [-0.4, -0.2) is 33.3 Å². The normalized spacial score (nSPS) is 12.1. The molecule has 0 fully saturated rings. The largest absolute Gasteiger partial charge is 0.493 e. The van der Waals surface area contributed by atoms with Gasteiger partial charge in [-0.3, -0.25) is 4.79 Å². The lowest BCUT2D eigenvalue weighted by molar-refractivity contribution is -0.137. The summed E-state index contributed by atoms with van der Waals surface area (Å²) < 4.78 is 53.6. The van der Waals surface area contributed by atoms with Crippen molar-refractivity contribution in [2.24, 2.45) is 0 Å². The number of alkyl halides is 3. The van der Waals surface area contributed by atoms with Crippen LogP contribution in [0.5, 0.6) is 17.2 Å². The molecule has 28 heavy (non-hydrogen) atoms. The number of amides is 1. The summed E-state index contributed by atoms with van der Waals surface area (Å²) >= 11 is 0. The van der Waals surface area contributed by atoms with Crippen molar-refractivity contribution in [3.05, 3.63) is 42.0 Å². The van der Waals surface area contributed by atoms with Crippen LogP contribution in [0.15, 0.2) is 36.4 Å². The van der Waals surface area contributed by atoms with Crippen molar-refractivity contribution in [1.82, 2.24) is 0 Å². The number of ether oxygens (including phenoxy) is 3. The number of hydrogen-bond acceptors (Lipinski definition) is 5. The molecule has 0 radical (unpaired) electrons. The Morgan fingerprint density at radius 3 is 1.89 bits per heavy atom. The summed E-state index contributed by atoms with van der Waals surface area (Å²) in [5, 5.41) is 5.56. The van der Waals surface area contributed by atoms with Crippen LogP contribution in [0.4, 0.5) is 24.5 Å². The fourth-order valence-electron chi connectivity index (χ4n) is 2.47. The summed E-state index contributed by atoms with van der Waals surface area (Å²) in [6.45, 7) is 1.61. The van der Waals surface area contributed by atoms with Gasteiger partial charge in [0.05, 0.1) is 26.9 Å². The Morgan fingerprint density at radius 1 is 0.929 bits per heavy atom. The summed E-state index contributed by atoms with van der Waals surface area (Å²) in [5.41, 5.74) is 0.0233. The Bertz CT molecular complexity index is 798. The van der Waals surface area contributed by atoms with Crippen LogP contribution in [0.1, 0.15) is 12.5 Å². The monoisotopic (exact) mass is 398 g/mol. The number of rotatable bonds is 7. The van der Waals surface area contributed by atoms with Gasteiger partial charge in [0.25, 0.3) is 0 Å². The predicted molar refractivity (Wildman–Crippen MR) is 99.3 cm³/mol. The maximum absolute atomic E-state index is 12.6. The Balaban J connectivity index is 2.10. The van der Waals surface area contributed by atoms with Gasteiger partial charge in [0.15, 0.2) is 11.5 Å². The summed E-state index contributed by atoms with van der Waals surface area (Å²) in [7, 11) is 4.43. The van der Waals surface area contributed by atoms with E-state index in [-0.39, 0.29) is 5.69 Å². The Kier molecular flexibility index (Phi) is 6.61. The van der Waals surface area contributed by atoms with Crippen LogP contribution in [0, 0.1) is 0 Å². The minimum Gasteiger partial charge on any atom is -0.493 e. The van der Waals surface area contributed by atoms with E-state index in [1.54, 1.807) is 19.1 Å². The number of carbonyl (C=O) groups excluding carboxylic acids is 1. The summed E-state index contributed by atoms with van der Waals surface area (Å²) in [5.74, 6) is 0.824. The van der Waals surface area contributed by atoms with Crippen molar-refractivity contribution < 1.29 is 32.2 Å². The first-order chi connectivity index (χ1) is 13.2. The van der Waals surface area contributed by atoms with Crippen LogP contribution >= 0.6 is 0 Å². The van der Waals surface area contributed by atoms with Crippen molar-refractivity contribution in [2.75, 3.05) is 32.0 Å². The molecule has 2 rings (SSSR count). The van der Waals surface area contributed by atoms with Crippen LogP contribution < -0.4 is 24.8 Å². The number of anilines is 2. The smallest absolute Gasteiger partial charge is 0.416 e. The lowest BCUT2D eigenvalue weighted by Gasteiger charge is -2.18. The van der Waals surface area contributed by atoms with Gasteiger partial charge in [-0.15, -0.1) is 0 Å². The molecule has 0 aliphatic heterocycles. The zero-order valence-electron chi connectivity index (χ0n) is 15.8. The number of hydrogen-bond donors (Lipinski definition) is 2. The molecular formula is C19H21F3N2O4. The van der Waals surface area contributed by atoms with Gasteiger partial charge in [0.1, 0.15) is 6.04 Å². The minimum absolute atomic E-state index is 0.261. The van der Waals surface area contributed by atoms with Crippen LogP contribution in [0.2, 0.25) is 0 Å². The first-order valence-corrected chi connectivity index (χ1v) is 8.24. The van der Waals surface area contributed by atoms with E-state index in [4.69, 9.17) is 14.2 Å². The zero-order chi connectivity index (χ0) is 20.9. The molecule has 2 aromatic carbocycles. The van der Waals surface area contributed by atoms with E-state index in [0.29, 0.717) is 22.9 Å². The SMILES string of the molecule is COc1cc(N[C@H](C)C(=O)Nc2ccc(C(F)(F)F)cc2)cc(OC)c1OC. The molecule has 152 valence electrons. The molecule has 0 heterocycles. The summed E-state index contributed by atoms with van der Waals surface area (Å²) in [6.07, 6.45) is -4.43. The zero-order valence-corrected chi connectivity index (χ0v) is 15.8. The highest BCUT2D eigenvalue weighted by molar-refractivity contribution is 5.96. The first kappa shape index (κ1) is 21.2. The van der Waals surface area contributed by atoms with Crippen LogP contribution in [0.25, 0.3) is 0 Å². The fraction of sp³-hybridized carbons (Fsp3) is 0.316. The maximum atomic E-state index is 12.6. The highest BCUT2D eigenvalue weighted by Gasteiger charge is 2.30. The average molecular weight is 398 g/mol. The molecule has 1 atom stereocenters. The molecule has 0 bridgehead atoms. The van der Waals surface area contributed by atoms with E-state index in [2.05, 4.69) is 10.6 Å². The molecule has 2 N–H and O–H groups in total. The Morgan fingerprint density at radius 2 is 1.46 bits per heavy atom. The highest BCUT2D eigenvalue weighted by Crippen LogP contribution is 2.40. The van der Waals surface area contributed by atoms with Crippen molar-refractivity contribution in [1.29, 1.82) is 0 Å². The molecule has 0 spiro atoms. The van der Waals surface area contributed by atoms with Crippen LogP contribution in [-0.2, 0) is 11.0 Å². The molecular weight excluding hydrogens is 377 g/mol. The lowest BCUT2D eigenvalue weighted by atomic mass is 10.2. The molecule has 0 saturated heterocycles. The van der Waals surface area contributed by atoms with Gasteiger partial charge in [-0.2, -0.15) is 13.2 Å². The molecule has 0 saturated carbocycles. The van der Waals surface area contributed by atoms with Gasteiger partial charge in [0, 0.05) is 23.5 Å². The molecule has 1 amide bonds. The van der Waals surface area contributed by atoms with E-state index in [9.17, 15) is 18.0 Å². The second kappa shape index (κ2) is 8.73. The average Bonchev–Trinajstić information content (AvgIpc) is 2.66. The topological polar surface area (TPSA) is 68.8 Å². The second-order valence-corrected chi connectivity index (χ2v) is 5.84. The number of nitrogens with one attached hydrogen (secondary N) is 2. The third kappa shape index (κ3) is 4.99. The molecule has 9 heteroatoms. The van der Waals surface area contributed by atoms with Crippen molar-refractivity contribution in [3.63, 3.8) is 0 Å². The third-order valence-corrected chi connectivity index (χ3v) is 3.92. The van der Waals surface area contributed by atoms with Gasteiger partial charge in [0.2, 0.25) is 11.7 Å². The van der Waals surface area contributed by atoms with Gasteiger partial charge in [-0.05, 0) is 31.2 Å². The molecule has 0 unspecified atom stereocenters. The second-order valence-electron chi connectivity index (χ2n) is 5.84. The predicted octanol–water partition coefficient (Wildman–Crippen LogP) is 4.17. The third-order valence-electron chi connectivity index (χ3n) is 3.92. The fourth-order valence-corrected chi connectivity index (χ4v) is 2.47. The van der Waals surface area contributed by atoms with Gasteiger partial charge >= 0.3 is 6.18 Å². The Hall–Kier alpha value is -3.10. The van der Waals surface area contributed by atoms with Crippen molar-refractivity contribution in [3.8, 4) is 17.2 Å². The van der Waals surface area contributed by atoms with E-state index in [0.717, 1.165) is 12.1 Å². The minimum atomic E-state index is -4.43. The standard InChI is InChI=1S/C19H21F3N2O4/c1-11(18(25)24-13-7-5-12(6-8-13)19(20,21)22)23-14-9-15(26-2)17(28-4)16(10-14)27-3/h5-11,23H,1-4H3,(H,24,25)/t11-/m1/s1. The van der Waals surface area contributed by atoms with Crippen molar-refractivity contribution >= 4 is 17.3 Å².